The molecule has 13 heteroatoms. The van der Waals surface area contributed by atoms with E-state index in [0.29, 0.717) is 5.56 Å². The molecule has 0 radical (unpaired) electrons. The molecule has 0 atom stereocenters. The SMILES string of the molecule is CCOC(=O)C/C(=N/Nc1ccc([N+](=O)[O-])cc1[N+](=O)[O-])c1ccc([N+](=O)[O-])cc1. The third-order valence-electron chi connectivity index (χ3n) is 3.73. The molecule has 2 aromatic rings. The summed E-state index contributed by atoms with van der Waals surface area (Å²) in [6, 6.07) is 8.09. The summed E-state index contributed by atoms with van der Waals surface area (Å²) in [5.41, 5.74) is 1.48. The first kappa shape index (κ1) is 21.9. The monoisotopic (exact) mass is 417 g/mol. The topological polar surface area (TPSA) is 180 Å². The molecule has 0 aliphatic heterocycles. The highest BCUT2D eigenvalue weighted by atomic mass is 16.6. The van der Waals surface area contributed by atoms with Crippen molar-refractivity contribution in [1.29, 1.82) is 0 Å². The number of hydrazone groups is 1. The molecule has 0 aliphatic rings. The summed E-state index contributed by atoms with van der Waals surface area (Å²) in [5.74, 6) is -0.630. The molecular formula is C17H15N5O8. The van der Waals surface area contributed by atoms with Gasteiger partial charge in [-0.2, -0.15) is 5.10 Å². The van der Waals surface area contributed by atoms with E-state index in [4.69, 9.17) is 4.74 Å². The maximum absolute atomic E-state index is 11.9. The molecule has 0 amide bonds. The molecule has 0 saturated heterocycles. The van der Waals surface area contributed by atoms with E-state index in [1.165, 1.54) is 24.3 Å². The van der Waals surface area contributed by atoms with Crippen LogP contribution in [0.3, 0.4) is 0 Å². The van der Waals surface area contributed by atoms with Crippen LogP contribution in [0, 0.1) is 30.3 Å². The van der Waals surface area contributed by atoms with E-state index in [2.05, 4.69) is 10.5 Å². The molecular weight excluding hydrogens is 402 g/mol. The fraction of sp³-hybridized carbons (Fsp3) is 0.176. The van der Waals surface area contributed by atoms with Crippen molar-refractivity contribution in [1.82, 2.24) is 0 Å². The van der Waals surface area contributed by atoms with Crippen LogP contribution in [-0.4, -0.2) is 33.1 Å². The van der Waals surface area contributed by atoms with Crippen LogP contribution in [-0.2, 0) is 9.53 Å². The molecule has 2 rings (SSSR count). The number of carbonyl (C=O) groups is 1. The lowest BCUT2D eigenvalue weighted by Gasteiger charge is -2.08. The predicted molar refractivity (Wildman–Crippen MR) is 104 cm³/mol. The smallest absolute Gasteiger partial charge is 0.311 e. The van der Waals surface area contributed by atoms with Crippen molar-refractivity contribution in [3.63, 3.8) is 0 Å². The fourth-order valence-corrected chi connectivity index (χ4v) is 2.34. The van der Waals surface area contributed by atoms with Gasteiger partial charge >= 0.3 is 11.7 Å². The van der Waals surface area contributed by atoms with Gasteiger partial charge in [-0.05, 0) is 30.7 Å². The van der Waals surface area contributed by atoms with Gasteiger partial charge in [0.15, 0.2) is 0 Å². The molecule has 0 aromatic heterocycles. The van der Waals surface area contributed by atoms with Crippen LogP contribution in [0.4, 0.5) is 22.7 Å². The van der Waals surface area contributed by atoms with Crippen LogP contribution in [0.2, 0.25) is 0 Å². The van der Waals surface area contributed by atoms with E-state index >= 15 is 0 Å². The Kier molecular flexibility index (Phi) is 7.06. The Bertz CT molecular complexity index is 1020. The summed E-state index contributed by atoms with van der Waals surface area (Å²) in [4.78, 5) is 42.6. The Hall–Kier alpha value is -4.42. The number of anilines is 1. The van der Waals surface area contributed by atoms with Crippen molar-refractivity contribution in [2.45, 2.75) is 13.3 Å². The molecule has 0 spiro atoms. The van der Waals surface area contributed by atoms with Crippen molar-refractivity contribution < 1.29 is 24.3 Å². The van der Waals surface area contributed by atoms with Crippen LogP contribution in [0.25, 0.3) is 0 Å². The lowest BCUT2D eigenvalue weighted by atomic mass is 10.1. The van der Waals surface area contributed by atoms with E-state index in [-0.39, 0.29) is 30.1 Å². The van der Waals surface area contributed by atoms with Gasteiger partial charge in [0.2, 0.25) is 0 Å². The number of nitro groups is 3. The highest BCUT2D eigenvalue weighted by Gasteiger charge is 2.20. The maximum atomic E-state index is 11.9. The maximum Gasteiger partial charge on any atom is 0.311 e. The minimum absolute atomic E-state index is 0.0935. The molecule has 156 valence electrons. The zero-order valence-electron chi connectivity index (χ0n) is 15.5. The summed E-state index contributed by atoms with van der Waals surface area (Å²) in [6.45, 7) is 1.73. The van der Waals surface area contributed by atoms with Crippen LogP contribution in [0.5, 0.6) is 0 Å². The minimum atomic E-state index is -0.818. The van der Waals surface area contributed by atoms with Gasteiger partial charge < -0.3 is 4.74 Å². The average molecular weight is 417 g/mol. The number of nitro benzene ring substituents is 3. The molecule has 0 saturated carbocycles. The number of ether oxygens (including phenoxy) is 1. The number of non-ortho nitro benzene ring substituents is 2. The van der Waals surface area contributed by atoms with Crippen LogP contribution < -0.4 is 5.43 Å². The molecule has 1 N–H and O–H groups in total. The fourth-order valence-electron chi connectivity index (χ4n) is 2.34. The van der Waals surface area contributed by atoms with Gasteiger partial charge in [-0.1, -0.05) is 0 Å². The Morgan fingerprint density at radius 2 is 1.57 bits per heavy atom. The molecule has 0 fully saturated rings. The number of esters is 1. The number of rotatable bonds is 9. The van der Waals surface area contributed by atoms with Crippen LogP contribution in [0.1, 0.15) is 18.9 Å². The Morgan fingerprint density at radius 1 is 0.967 bits per heavy atom. The van der Waals surface area contributed by atoms with Gasteiger partial charge in [-0.25, -0.2) is 0 Å². The van der Waals surface area contributed by atoms with Gasteiger partial charge in [-0.15, -0.1) is 0 Å². The number of nitrogens with one attached hydrogen (secondary N) is 1. The number of nitrogens with zero attached hydrogens (tertiary/aromatic N) is 4. The van der Waals surface area contributed by atoms with Gasteiger partial charge in [0.25, 0.3) is 11.4 Å². The molecule has 13 nitrogen and oxygen atoms in total. The largest absolute Gasteiger partial charge is 0.466 e. The zero-order chi connectivity index (χ0) is 22.3. The summed E-state index contributed by atoms with van der Waals surface area (Å²) in [7, 11) is 0. The Morgan fingerprint density at radius 3 is 2.10 bits per heavy atom. The zero-order valence-corrected chi connectivity index (χ0v) is 15.5. The van der Waals surface area contributed by atoms with Gasteiger partial charge in [-0.3, -0.25) is 40.6 Å². The Labute approximate surface area is 168 Å². The second-order valence-corrected chi connectivity index (χ2v) is 5.67. The second-order valence-electron chi connectivity index (χ2n) is 5.67. The molecule has 2 aromatic carbocycles. The lowest BCUT2D eigenvalue weighted by Crippen LogP contribution is -2.14. The highest BCUT2D eigenvalue weighted by molar-refractivity contribution is 6.09. The summed E-state index contributed by atoms with van der Waals surface area (Å²) in [5, 5.41) is 36.9. The second kappa shape index (κ2) is 9.68. The quantitative estimate of drug-likeness (QED) is 0.277. The normalized spacial score (nSPS) is 10.9. The molecule has 0 unspecified atom stereocenters. The first-order valence-electron chi connectivity index (χ1n) is 8.38. The number of benzene rings is 2. The van der Waals surface area contributed by atoms with E-state index in [9.17, 15) is 35.1 Å². The average Bonchev–Trinajstić information content (AvgIpc) is 2.71. The lowest BCUT2D eigenvalue weighted by molar-refractivity contribution is -0.393. The van der Waals surface area contributed by atoms with Gasteiger partial charge in [0.05, 0.1) is 39.6 Å². The first-order valence-corrected chi connectivity index (χ1v) is 8.38. The molecule has 0 bridgehead atoms. The highest BCUT2D eigenvalue weighted by Crippen LogP contribution is 2.29. The molecule has 0 heterocycles. The number of carbonyl (C=O) groups excluding carboxylic acids is 1. The van der Waals surface area contributed by atoms with Gasteiger partial charge in [0.1, 0.15) is 5.69 Å². The van der Waals surface area contributed by atoms with Crippen molar-refractivity contribution >= 4 is 34.4 Å². The van der Waals surface area contributed by atoms with E-state index < -0.39 is 32.1 Å². The molecule has 0 aliphatic carbocycles. The Balaban J connectivity index is 2.41. The third kappa shape index (κ3) is 5.54. The molecule has 30 heavy (non-hydrogen) atoms. The third-order valence-corrected chi connectivity index (χ3v) is 3.73. The van der Waals surface area contributed by atoms with E-state index in [0.717, 1.165) is 18.2 Å². The van der Waals surface area contributed by atoms with Gasteiger partial charge in [0, 0.05) is 18.2 Å². The standard InChI is InChI=1S/C17H15N5O8/c1-2-30-17(23)10-15(11-3-5-12(6-4-11)20(24)25)19-18-14-8-7-13(21(26)27)9-16(14)22(28)29/h3-9,18H,2,10H2,1H3/b19-15-. The predicted octanol–water partition coefficient (Wildman–Crippen LogP) is 3.18. The van der Waals surface area contributed by atoms with Crippen LogP contribution >= 0.6 is 0 Å². The summed E-state index contributed by atoms with van der Waals surface area (Å²) in [6.07, 6.45) is -0.320. The van der Waals surface area contributed by atoms with Crippen molar-refractivity contribution in [2.75, 3.05) is 12.0 Å². The minimum Gasteiger partial charge on any atom is -0.466 e. The first-order chi connectivity index (χ1) is 14.2. The summed E-state index contributed by atoms with van der Waals surface area (Å²) < 4.78 is 4.87. The number of hydrogen-bond acceptors (Lipinski definition) is 10. The summed E-state index contributed by atoms with van der Waals surface area (Å²) >= 11 is 0. The van der Waals surface area contributed by atoms with E-state index in [1.54, 1.807) is 6.92 Å². The van der Waals surface area contributed by atoms with E-state index in [1.807, 2.05) is 0 Å². The van der Waals surface area contributed by atoms with Crippen molar-refractivity contribution in [2.24, 2.45) is 5.10 Å². The number of hydrogen-bond donors (Lipinski definition) is 1. The van der Waals surface area contributed by atoms with Crippen molar-refractivity contribution in [3.8, 4) is 0 Å². The van der Waals surface area contributed by atoms with Crippen molar-refractivity contribution in [3.05, 3.63) is 78.4 Å². The van der Waals surface area contributed by atoms with Crippen LogP contribution in [0.15, 0.2) is 47.6 Å².